The highest BCUT2D eigenvalue weighted by Crippen LogP contribution is 2.05. The molecule has 0 aliphatic rings. The summed E-state index contributed by atoms with van der Waals surface area (Å²) in [4.78, 5) is 21.4. The van der Waals surface area contributed by atoms with Crippen molar-refractivity contribution in [2.75, 3.05) is 13.2 Å². The van der Waals surface area contributed by atoms with Crippen LogP contribution >= 0.6 is 0 Å². The first-order valence-corrected chi connectivity index (χ1v) is 5.32. The Labute approximate surface area is 98.6 Å². The first-order valence-electron chi connectivity index (χ1n) is 5.32. The van der Waals surface area contributed by atoms with E-state index in [1.54, 1.807) is 0 Å². The molecule has 2 unspecified atom stereocenters. The zero-order valence-electron chi connectivity index (χ0n) is 9.41. The zero-order chi connectivity index (χ0) is 13.3. The van der Waals surface area contributed by atoms with Gasteiger partial charge in [-0.05, 0) is 12.8 Å². The molecule has 0 saturated heterocycles. The first-order chi connectivity index (χ1) is 8.01. The Balaban J connectivity index is 3.79. The summed E-state index contributed by atoms with van der Waals surface area (Å²) in [5.74, 6) is -1.57. The Morgan fingerprint density at radius 2 is 1.65 bits per heavy atom. The molecule has 0 spiro atoms. The number of carbonyl (C=O) groups is 2. The molecule has 7 heteroatoms. The van der Waals surface area contributed by atoms with Crippen LogP contribution in [-0.4, -0.2) is 57.8 Å². The Hall–Kier alpha value is -1.18. The number of esters is 1. The molecule has 0 heterocycles. The van der Waals surface area contributed by atoms with E-state index < -0.39 is 37.4 Å². The van der Waals surface area contributed by atoms with Crippen LogP contribution in [0, 0.1) is 0 Å². The fourth-order valence-electron chi connectivity index (χ4n) is 1.13. The number of unbranched alkanes of at least 4 members (excludes halogenated alkanes) is 1. The van der Waals surface area contributed by atoms with Gasteiger partial charge in [-0.15, -0.1) is 0 Å². The number of aliphatic hydroxyl groups excluding tert-OH is 3. The van der Waals surface area contributed by atoms with Crippen molar-refractivity contribution in [2.24, 2.45) is 0 Å². The fourth-order valence-corrected chi connectivity index (χ4v) is 1.13. The monoisotopic (exact) mass is 250 g/mol. The molecule has 0 aliphatic heterocycles. The summed E-state index contributed by atoms with van der Waals surface area (Å²) in [6, 6.07) is 0. The lowest BCUT2D eigenvalue weighted by atomic mass is 10.2. The number of hydrogen-bond donors (Lipinski definition) is 4. The van der Waals surface area contributed by atoms with Gasteiger partial charge in [-0.1, -0.05) is 0 Å². The third kappa shape index (κ3) is 7.67. The molecule has 100 valence electrons. The maximum atomic E-state index is 11.2. The highest BCUT2D eigenvalue weighted by atomic mass is 16.6. The first kappa shape index (κ1) is 15.8. The predicted molar refractivity (Wildman–Crippen MR) is 56.2 cm³/mol. The van der Waals surface area contributed by atoms with Gasteiger partial charge in [-0.3, -0.25) is 9.59 Å². The highest BCUT2D eigenvalue weighted by molar-refractivity contribution is 5.70. The van der Waals surface area contributed by atoms with Gasteiger partial charge in [0.1, 0.15) is 6.10 Å². The van der Waals surface area contributed by atoms with Crippen LogP contribution in [0.3, 0.4) is 0 Å². The van der Waals surface area contributed by atoms with Crippen molar-refractivity contribution < 1.29 is 34.8 Å². The molecule has 0 saturated carbocycles. The summed E-state index contributed by atoms with van der Waals surface area (Å²) >= 11 is 0. The Kier molecular flexibility index (Phi) is 8.29. The largest absolute Gasteiger partial charge is 0.481 e. The zero-order valence-corrected chi connectivity index (χ0v) is 9.41. The summed E-state index contributed by atoms with van der Waals surface area (Å²) in [7, 11) is 0. The van der Waals surface area contributed by atoms with Crippen molar-refractivity contribution in [1.82, 2.24) is 0 Å². The summed E-state index contributed by atoms with van der Waals surface area (Å²) in [5.41, 5.74) is 0. The standard InChI is InChI=1S/C10H18O7/c11-5-7(13)8(6-12)17-10(16)4-2-1-3-9(14)15/h7-8,11-13H,1-6H2,(H,14,15). The molecule has 2 atom stereocenters. The van der Waals surface area contributed by atoms with Gasteiger partial charge in [0.05, 0.1) is 13.2 Å². The van der Waals surface area contributed by atoms with Gasteiger partial charge in [0.25, 0.3) is 0 Å². The van der Waals surface area contributed by atoms with Gasteiger partial charge < -0.3 is 25.2 Å². The van der Waals surface area contributed by atoms with E-state index in [0.29, 0.717) is 12.8 Å². The number of aliphatic hydroxyl groups is 3. The maximum absolute atomic E-state index is 11.2. The molecule has 0 amide bonds. The van der Waals surface area contributed by atoms with Crippen LogP contribution in [0.25, 0.3) is 0 Å². The van der Waals surface area contributed by atoms with E-state index in [1.807, 2.05) is 0 Å². The third-order valence-corrected chi connectivity index (χ3v) is 2.10. The van der Waals surface area contributed by atoms with Gasteiger partial charge in [-0.2, -0.15) is 0 Å². The predicted octanol–water partition coefficient (Wildman–Crippen LogP) is -1.11. The minimum Gasteiger partial charge on any atom is -0.481 e. The Morgan fingerprint density at radius 3 is 2.12 bits per heavy atom. The van der Waals surface area contributed by atoms with Crippen molar-refractivity contribution >= 4 is 11.9 Å². The van der Waals surface area contributed by atoms with Crippen LogP contribution in [0.5, 0.6) is 0 Å². The minimum absolute atomic E-state index is 0.0158. The number of hydrogen-bond acceptors (Lipinski definition) is 6. The van der Waals surface area contributed by atoms with Gasteiger partial charge in [0.2, 0.25) is 0 Å². The molecule has 0 aromatic carbocycles. The lowest BCUT2D eigenvalue weighted by Crippen LogP contribution is -2.36. The molecule has 0 radical (unpaired) electrons. The number of carboxylic acids is 1. The van der Waals surface area contributed by atoms with Crippen LogP contribution in [-0.2, 0) is 14.3 Å². The molecule has 0 aromatic heterocycles. The van der Waals surface area contributed by atoms with Crippen molar-refractivity contribution in [3.63, 3.8) is 0 Å². The fraction of sp³-hybridized carbons (Fsp3) is 0.800. The molecular weight excluding hydrogens is 232 g/mol. The summed E-state index contributed by atoms with van der Waals surface area (Å²) in [6.07, 6.45) is -1.75. The number of aliphatic carboxylic acids is 1. The second-order valence-electron chi connectivity index (χ2n) is 3.56. The summed E-state index contributed by atoms with van der Waals surface area (Å²) < 4.78 is 4.71. The molecule has 0 bridgehead atoms. The molecule has 17 heavy (non-hydrogen) atoms. The van der Waals surface area contributed by atoms with E-state index in [4.69, 9.17) is 25.2 Å². The van der Waals surface area contributed by atoms with Gasteiger partial charge in [0, 0.05) is 12.8 Å². The molecular formula is C10H18O7. The molecule has 7 nitrogen and oxygen atoms in total. The van der Waals surface area contributed by atoms with E-state index in [0.717, 1.165) is 0 Å². The van der Waals surface area contributed by atoms with E-state index in [1.165, 1.54) is 0 Å². The lowest BCUT2D eigenvalue weighted by molar-refractivity contribution is -0.160. The van der Waals surface area contributed by atoms with Crippen molar-refractivity contribution in [1.29, 1.82) is 0 Å². The van der Waals surface area contributed by atoms with Gasteiger partial charge in [0.15, 0.2) is 6.10 Å². The topological polar surface area (TPSA) is 124 Å². The van der Waals surface area contributed by atoms with Crippen LogP contribution in [0.4, 0.5) is 0 Å². The summed E-state index contributed by atoms with van der Waals surface area (Å²) in [6.45, 7) is -1.19. The summed E-state index contributed by atoms with van der Waals surface area (Å²) in [5, 5.41) is 34.9. The number of ether oxygens (including phenoxy) is 1. The number of rotatable bonds is 9. The minimum atomic E-state index is -1.32. The van der Waals surface area contributed by atoms with E-state index in [-0.39, 0.29) is 12.8 Å². The van der Waals surface area contributed by atoms with E-state index in [2.05, 4.69) is 0 Å². The lowest BCUT2D eigenvalue weighted by Gasteiger charge is -2.19. The molecule has 0 fully saturated rings. The van der Waals surface area contributed by atoms with Crippen molar-refractivity contribution in [3.8, 4) is 0 Å². The molecule has 4 N–H and O–H groups in total. The number of carbonyl (C=O) groups excluding carboxylic acids is 1. The van der Waals surface area contributed by atoms with E-state index in [9.17, 15) is 9.59 Å². The SMILES string of the molecule is O=C(O)CCCCC(=O)OC(CO)C(O)CO. The third-order valence-electron chi connectivity index (χ3n) is 2.10. The van der Waals surface area contributed by atoms with Crippen LogP contribution in [0.2, 0.25) is 0 Å². The van der Waals surface area contributed by atoms with Gasteiger partial charge >= 0.3 is 11.9 Å². The highest BCUT2D eigenvalue weighted by Gasteiger charge is 2.21. The van der Waals surface area contributed by atoms with Crippen LogP contribution in [0.15, 0.2) is 0 Å². The quantitative estimate of drug-likeness (QED) is 0.302. The Bertz CT molecular complexity index is 241. The Morgan fingerprint density at radius 1 is 1.06 bits per heavy atom. The van der Waals surface area contributed by atoms with Crippen molar-refractivity contribution in [2.45, 2.75) is 37.9 Å². The van der Waals surface area contributed by atoms with E-state index >= 15 is 0 Å². The van der Waals surface area contributed by atoms with Crippen LogP contribution in [0.1, 0.15) is 25.7 Å². The average Bonchev–Trinajstić information content (AvgIpc) is 2.30. The van der Waals surface area contributed by atoms with Gasteiger partial charge in [-0.25, -0.2) is 0 Å². The smallest absolute Gasteiger partial charge is 0.306 e. The molecule has 0 rings (SSSR count). The van der Waals surface area contributed by atoms with Crippen molar-refractivity contribution in [3.05, 3.63) is 0 Å². The average molecular weight is 250 g/mol. The maximum Gasteiger partial charge on any atom is 0.306 e. The second kappa shape index (κ2) is 8.91. The second-order valence-corrected chi connectivity index (χ2v) is 3.56. The molecule has 0 aromatic rings. The number of carboxylic acid groups (broad SMARTS) is 1. The molecule has 0 aliphatic carbocycles. The van der Waals surface area contributed by atoms with Crippen LogP contribution < -0.4 is 0 Å². The normalized spacial score (nSPS) is 14.1.